The molecule has 2 aliphatic rings. The maximum Gasteiger partial charge on any atom is 0.336 e. The number of methoxy groups -OCH3 is 1. The lowest BCUT2D eigenvalue weighted by Crippen LogP contribution is -2.43. The second-order valence-electron chi connectivity index (χ2n) is 9.30. The fourth-order valence-electron chi connectivity index (χ4n) is 5.27. The third kappa shape index (κ3) is 5.03. The van der Waals surface area contributed by atoms with Crippen LogP contribution in [0.2, 0.25) is 0 Å². The number of aryl methyl sites for hydroxylation is 1. The first-order valence-electron chi connectivity index (χ1n) is 12.6. The smallest absolute Gasteiger partial charge is 0.336 e. The predicted molar refractivity (Wildman–Crippen MR) is 139 cm³/mol. The van der Waals surface area contributed by atoms with Crippen molar-refractivity contribution in [1.29, 1.82) is 0 Å². The summed E-state index contributed by atoms with van der Waals surface area (Å²) >= 11 is 0. The number of esters is 2. The van der Waals surface area contributed by atoms with Gasteiger partial charge in [-0.3, -0.25) is 9.59 Å². The number of rotatable bonds is 7. The van der Waals surface area contributed by atoms with E-state index in [1.807, 2.05) is 62.4 Å². The molecule has 3 atom stereocenters. The van der Waals surface area contributed by atoms with Crippen LogP contribution in [-0.4, -0.2) is 38.0 Å². The van der Waals surface area contributed by atoms with E-state index >= 15 is 0 Å². The Labute approximate surface area is 217 Å². The number of Topliss-reactive ketones (excluding diaryl/α,β-unsaturated/α-hetero) is 1. The van der Waals surface area contributed by atoms with Crippen LogP contribution in [0.3, 0.4) is 0 Å². The highest BCUT2D eigenvalue weighted by Crippen LogP contribution is 2.48. The maximum atomic E-state index is 14.3. The summed E-state index contributed by atoms with van der Waals surface area (Å²) in [6, 6.07) is 15.1. The number of carbonyl (C=O) groups excluding carboxylic acids is 3. The molecule has 37 heavy (non-hydrogen) atoms. The highest BCUT2D eigenvalue weighted by atomic mass is 16.5. The van der Waals surface area contributed by atoms with E-state index in [0.29, 0.717) is 34.7 Å². The summed E-state index contributed by atoms with van der Waals surface area (Å²) in [6.45, 7) is 7.64. The first-order chi connectivity index (χ1) is 17.8. The zero-order chi connectivity index (χ0) is 26.7. The van der Waals surface area contributed by atoms with E-state index in [9.17, 15) is 14.4 Å². The van der Waals surface area contributed by atoms with Crippen LogP contribution >= 0.6 is 0 Å². The minimum absolute atomic E-state index is 0.163. The van der Waals surface area contributed by atoms with Crippen LogP contribution in [-0.2, 0) is 23.9 Å². The number of allylic oxidation sites excluding steroid dienone is 3. The van der Waals surface area contributed by atoms with Gasteiger partial charge in [0.05, 0.1) is 25.9 Å². The molecule has 194 valence electrons. The summed E-state index contributed by atoms with van der Waals surface area (Å²) < 4.78 is 16.1. The van der Waals surface area contributed by atoms with Gasteiger partial charge in [0.1, 0.15) is 11.7 Å². The number of dihydropyridines is 1. The molecule has 0 saturated carbocycles. The first kappa shape index (κ1) is 26.2. The van der Waals surface area contributed by atoms with Crippen LogP contribution in [0.4, 0.5) is 0 Å². The van der Waals surface area contributed by atoms with Gasteiger partial charge in [-0.1, -0.05) is 42.0 Å². The van der Waals surface area contributed by atoms with Gasteiger partial charge in [-0.25, -0.2) is 4.79 Å². The molecule has 2 aromatic carbocycles. The van der Waals surface area contributed by atoms with E-state index < -0.39 is 29.7 Å². The quantitative estimate of drug-likeness (QED) is 0.432. The third-order valence-corrected chi connectivity index (χ3v) is 7.01. The Hall–Kier alpha value is -3.87. The Kier molecular flexibility index (Phi) is 7.81. The highest BCUT2D eigenvalue weighted by Gasteiger charge is 2.49. The second-order valence-corrected chi connectivity index (χ2v) is 9.30. The number of ether oxygens (including phenoxy) is 3. The number of benzene rings is 2. The SMILES string of the molecule is CCOC(=O)C1=C(C)NC2=C(C(=O)[C@H](C(=O)OCC)[C@@H](c3ccc(OC)cc3)C2)[C@@H]1c1ccc(C)cc1. The molecule has 0 saturated heterocycles. The molecule has 0 spiro atoms. The van der Waals surface area contributed by atoms with Gasteiger partial charge in [-0.15, -0.1) is 0 Å². The van der Waals surface area contributed by atoms with Crippen molar-refractivity contribution in [3.05, 3.63) is 87.8 Å². The molecule has 7 nitrogen and oxygen atoms in total. The number of ketones is 1. The van der Waals surface area contributed by atoms with Crippen molar-refractivity contribution in [2.75, 3.05) is 20.3 Å². The molecule has 1 aliphatic carbocycles. The molecule has 0 aromatic heterocycles. The van der Waals surface area contributed by atoms with Gasteiger partial charge < -0.3 is 19.5 Å². The van der Waals surface area contributed by atoms with Crippen LogP contribution in [0.25, 0.3) is 0 Å². The van der Waals surface area contributed by atoms with Crippen LogP contribution in [0, 0.1) is 12.8 Å². The van der Waals surface area contributed by atoms with Crippen molar-refractivity contribution in [1.82, 2.24) is 5.32 Å². The summed E-state index contributed by atoms with van der Waals surface area (Å²) in [5.41, 5.74) is 4.83. The minimum Gasteiger partial charge on any atom is -0.497 e. The van der Waals surface area contributed by atoms with Crippen molar-refractivity contribution >= 4 is 17.7 Å². The van der Waals surface area contributed by atoms with Gasteiger partial charge in [0.25, 0.3) is 0 Å². The maximum absolute atomic E-state index is 14.3. The number of nitrogens with one attached hydrogen (secondary N) is 1. The van der Waals surface area contributed by atoms with Crippen molar-refractivity contribution in [3.8, 4) is 5.75 Å². The molecule has 0 radical (unpaired) electrons. The fraction of sp³-hybridized carbons (Fsp3) is 0.367. The van der Waals surface area contributed by atoms with Gasteiger partial charge >= 0.3 is 11.9 Å². The van der Waals surface area contributed by atoms with E-state index in [1.54, 1.807) is 21.0 Å². The van der Waals surface area contributed by atoms with Crippen LogP contribution < -0.4 is 10.1 Å². The molecular formula is C30H33NO6. The topological polar surface area (TPSA) is 90.9 Å². The largest absolute Gasteiger partial charge is 0.497 e. The molecular weight excluding hydrogens is 470 g/mol. The number of hydrogen-bond acceptors (Lipinski definition) is 7. The number of carbonyl (C=O) groups is 3. The van der Waals surface area contributed by atoms with Crippen LogP contribution in [0.5, 0.6) is 5.75 Å². The molecule has 4 rings (SSSR count). The van der Waals surface area contributed by atoms with Crippen molar-refractivity contribution in [3.63, 3.8) is 0 Å². The van der Waals surface area contributed by atoms with Crippen LogP contribution in [0.15, 0.2) is 71.1 Å². The van der Waals surface area contributed by atoms with E-state index in [1.165, 1.54) is 0 Å². The average molecular weight is 504 g/mol. The fourth-order valence-corrected chi connectivity index (χ4v) is 5.27. The lowest BCUT2D eigenvalue weighted by Gasteiger charge is -2.39. The summed E-state index contributed by atoms with van der Waals surface area (Å²) in [7, 11) is 1.59. The van der Waals surface area contributed by atoms with Gasteiger partial charge in [-0.05, 0) is 57.4 Å². The Morgan fingerprint density at radius 1 is 0.919 bits per heavy atom. The predicted octanol–water partition coefficient (Wildman–Crippen LogP) is 4.72. The summed E-state index contributed by atoms with van der Waals surface area (Å²) in [4.78, 5) is 40.7. The normalized spacial score (nSPS) is 21.2. The summed E-state index contributed by atoms with van der Waals surface area (Å²) in [5, 5.41) is 3.32. The summed E-state index contributed by atoms with van der Waals surface area (Å²) in [6.07, 6.45) is 0.409. The van der Waals surface area contributed by atoms with E-state index in [4.69, 9.17) is 14.2 Å². The standard InChI is InChI=1S/C30H33NO6/c1-6-36-29(33)24-18(4)31-23-16-22(19-12-14-21(35-5)15-13-19)26(30(34)37-7-2)28(32)27(23)25(24)20-10-8-17(3)9-11-20/h8-15,22,25-26,31H,6-7,16H2,1-5H3/t22-,25-,26-/m1/s1. The van der Waals surface area contributed by atoms with Crippen molar-refractivity contribution < 1.29 is 28.6 Å². The minimum atomic E-state index is -1.04. The first-order valence-corrected chi connectivity index (χ1v) is 12.6. The third-order valence-electron chi connectivity index (χ3n) is 7.01. The van der Waals surface area contributed by atoms with E-state index in [2.05, 4.69) is 5.32 Å². The van der Waals surface area contributed by atoms with Crippen molar-refractivity contribution in [2.24, 2.45) is 5.92 Å². The average Bonchev–Trinajstić information content (AvgIpc) is 2.88. The monoisotopic (exact) mass is 503 g/mol. The molecule has 7 heteroatoms. The molecule has 1 N–H and O–H groups in total. The van der Waals surface area contributed by atoms with E-state index in [0.717, 1.165) is 16.7 Å². The van der Waals surface area contributed by atoms with Gasteiger partial charge in [0.2, 0.25) is 0 Å². The zero-order valence-corrected chi connectivity index (χ0v) is 21.9. The highest BCUT2D eigenvalue weighted by molar-refractivity contribution is 6.13. The van der Waals surface area contributed by atoms with Gasteiger partial charge in [0, 0.05) is 28.8 Å². The lowest BCUT2D eigenvalue weighted by atomic mass is 9.67. The Balaban J connectivity index is 1.87. The molecule has 1 aliphatic heterocycles. The molecule has 0 bridgehead atoms. The molecule has 0 unspecified atom stereocenters. The Bertz CT molecular complexity index is 1260. The molecule has 0 amide bonds. The molecule has 2 aromatic rings. The lowest BCUT2D eigenvalue weighted by molar-refractivity contribution is -0.152. The van der Waals surface area contributed by atoms with Gasteiger partial charge in [-0.2, -0.15) is 0 Å². The van der Waals surface area contributed by atoms with E-state index in [-0.39, 0.29) is 19.0 Å². The number of hydrogen-bond donors (Lipinski definition) is 1. The summed E-state index contributed by atoms with van der Waals surface area (Å²) in [5.74, 6) is -2.83. The molecule has 0 fully saturated rings. The Morgan fingerprint density at radius 2 is 1.54 bits per heavy atom. The Morgan fingerprint density at radius 3 is 2.14 bits per heavy atom. The zero-order valence-electron chi connectivity index (χ0n) is 21.9. The second kappa shape index (κ2) is 11.0. The van der Waals surface area contributed by atoms with Gasteiger partial charge in [0.15, 0.2) is 5.78 Å². The van der Waals surface area contributed by atoms with Crippen molar-refractivity contribution in [2.45, 2.75) is 46.0 Å². The van der Waals surface area contributed by atoms with Crippen LogP contribution in [0.1, 0.15) is 55.7 Å². The molecule has 1 heterocycles.